The molecular formula is C47H52N4O5. The molecule has 0 unspecified atom stereocenters. The lowest BCUT2D eigenvalue weighted by atomic mass is 9.76. The van der Waals surface area contributed by atoms with Crippen LogP contribution in [0.5, 0.6) is 0 Å². The van der Waals surface area contributed by atoms with Crippen molar-refractivity contribution < 1.29 is 24.2 Å². The summed E-state index contributed by atoms with van der Waals surface area (Å²) in [6, 6.07) is 43.3. The van der Waals surface area contributed by atoms with Gasteiger partial charge in [-0.1, -0.05) is 139 Å². The number of ether oxygens (including phenoxy) is 1. The second-order valence-electron chi connectivity index (χ2n) is 14.5. The van der Waals surface area contributed by atoms with Gasteiger partial charge >= 0.3 is 12.1 Å². The number of carbonyl (C=O) groups excluding carboxylic acids is 2. The minimum Gasteiger partial charge on any atom is -0.480 e. The normalized spacial score (nSPS) is 13.2. The Hall–Kier alpha value is -5.77. The smallest absolute Gasteiger partial charge is 0.407 e. The Bertz CT molecular complexity index is 1970. The van der Waals surface area contributed by atoms with Crippen LogP contribution in [0.4, 0.5) is 4.79 Å². The summed E-state index contributed by atoms with van der Waals surface area (Å²) in [7, 11) is 0. The SMILES string of the molecule is Cc1ccc(C(NCCCC[C@@H](NC(=O)OCC2c3ccccc3-c3ccccc32)C(=O)N[C@@H](CCCCN)C(=O)O)(c2ccccc2)c2ccccc2)cc1. The Balaban J connectivity index is 1.16. The number of hydrogen-bond acceptors (Lipinski definition) is 6. The number of aryl methyl sites for hydroxylation is 1. The fraction of sp³-hybridized carbons (Fsp3) is 0.298. The average molecular weight is 753 g/mol. The van der Waals surface area contributed by atoms with Gasteiger partial charge in [-0.2, -0.15) is 0 Å². The minimum atomic E-state index is -1.13. The predicted molar refractivity (Wildman–Crippen MR) is 220 cm³/mol. The van der Waals surface area contributed by atoms with E-state index in [0.717, 1.165) is 38.9 Å². The molecule has 0 radical (unpaired) electrons. The lowest BCUT2D eigenvalue weighted by Crippen LogP contribution is -2.51. The summed E-state index contributed by atoms with van der Waals surface area (Å²) in [5, 5.41) is 19.2. The van der Waals surface area contributed by atoms with Crippen LogP contribution in [-0.2, 0) is 19.9 Å². The van der Waals surface area contributed by atoms with E-state index in [1.807, 2.05) is 72.8 Å². The number of carboxylic acids is 1. The number of carboxylic acid groups (broad SMARTS) is 1. The van der Waals surface area contributed by atoms with Gasteiger partial charge in [0.1, 0.15) is 18.7 Å². The van der Waals surface area contributed by atoms with Gasteiger partial charge in [-0.15, -0.1) is 0 Å². The van der Waals surface area contributed by atoms with Crippen LogP contribution >= 0.6 is 0 Å². The fourth-order valence-corrected chi connectivity index (χ4v) is 7.81. The van der Waals surface area contributed by atoms with Crippen molar-refractivity contribution in [3.05, 3.63) is 167 Å². The molecule has 1 aliphatic carbocycles. The van der Waals surface area contributed by atoms with Crippen LogP contribution in [-0.4, -0.2) is 54.9 Å². The lowest BCUT2D eigenvalue weighted by Gasteiger charge is -2.37. The molecule has 0 heterocycles. The molecule has 9 nitrogen and oxygen atoms in total. The predicted octanol–water partition coefficient (Wildman–Crippen LogP) is 7.65. The van der Waals surface area contributed by atoms with Crippen LogP contribution in [0.25, 0.3) is 11.1 Å². The highest BCUT2D eigenvalue weighted by Crippen LogP contribution is 2.44. The maximum absolute atomic E-state index is 13.7. The highest BCUT2D eigenvalue weighted by atomic mass is 16.5. The lowest BCUT2D eigenvalue weighted by molar-refractivity contribution is -0.142. The number of rotatable bonds is 19. The molecule has 56 heavy (non-hydrogen) atoms. The van der Waals surface area contributed by atoms with E-state index >= 15 is 0 Å². The molecule has 0 saturated heterocycles. The first kappa shape index (κ1) is 39.9. The molecule has 5 aromatic rings. The molecule has 0 fully saturated rings. The highest BCUT2D eigenvalue weighted by molar-refractivity contribution is 5.89. The topological polar surface area (TPSA) is 143 Å². The molecule has 0 aliphatic heterocycles. The number of aliphatic carboxylic acids is 1. The first-order valence-electron chi connectivity index (χ1n) is 19.6. The fourth-order valence-electron chi connectivity index (χ4n) is 7.81. The molecule has 6 N–H and O–H groups in total. The molecule has 5 aromatic carbocycles. The zero-order valence-electron chi connectivity index (χ0n) is 32.0. The maximum atomic E-state index is 13.7. The van der Waals surface area contributed by atoms with Crippen molar-refractivity contribution in [2.75, 3.05) is 19.7 Å². The Kier molecular flexibility index (Phi) is 13.7. The second-order valence-corrected chi connectivity index (χ2v) is 14.5. The van der Waals surface area contributed by atoms with Gasteiger partial charge in [0.05, 0.1) is 5.54 Å². The molecule has 0 aromatic heterocycles. The highest BCUT2D eigenvalue weighted by Gasteiger charge is 2.36. The van der Waals surface area contributed by atoms with E-state index in [4.69, 9.17) is 10.5 Å². The van der Waals surface area contributed by atoms with Crippen LogP contribution in [0, 0.1) is 6.92 Å². The Morgan fingerprint density at radius 2 is 1.18 bits per heavy atom. The standard InChI is InChI=1S/C47H52N4O5/c1-33-26-28-36(29-27-33)47(34-16-4-2-5-17-34,35-18-6-3-7-19-35)49-31-15-13-24-42(44(52)50-43(45(53)54)25-12-14-30-48)51-46(55)56-32-41-39-22-10-8-20-37(39)38-21-9-11-23-40(38)41/h2-11,16-23,26-29,41-43,49H,12-15,24-25,30-32,48H2,1H3,(H,50,52)(H,51,55)(H,53,54)/t42-,43+/m1/s1. The van der Waals surface area contributed by atoms with Gasteiger partial charge in [-0.05, 0) is 97.5 Å². The molecule has 9 heteroatoms. The zero-order valence-corrected chi connectivity index (χ0v) is 32.0. The quantitative estimate of drug-likeness (QED) is 0.0431. The van der Waals surface area contributed by atoms with E-state index in [2.05, 4.69) is 83.5 Å². The molecule has 1 aliphatic rings. The van der Waals surface area contributed by atoms with E-state index in [0.29, 0.717) is 38.8 Å². The van der Waals surface area contributed by atoms with Crippen molar-refractivity contribution in [1.29, 1.82) is 0 Å². The number of fused-ring (bicyclic) bond motifs is 3. The summed E-state index contributed by atoms with van der Waals surface area (Å²) in [6.07, 6.45) is 2.21. The van der Waals surface area contributed by atoms with Gasteiger partial charge in [-0.25, -0.2) is 9.59 Å². The van der Waals surface area contributed by atoms with E-state index in [1.54, 1.807) is 0 Å². The first-order chi connectivity index (χ1) is 27.3. The van der Waals surface area contributed by atoms with Crippen LogP contribution in [0.1, 0.15) is 77.8 Å². The van der Waals surface area contributed by atoms with Gasteiger partial charge in [0.2, 0.25) is 5.91 Å². The Labute approximate surface area is 329 Å². The van der Waals surface area contributed by atoms with Crippen molar-refractivity contribution in [3.8, 4) is 11.1 Å². The molecule has 2 amide bonds. The van der Waals surface area contributed by atoms with Gasteiger partial charge in [0.25, 0.3) is 0 Å². The number of amides is 2. The second kappa shape index (κ2) is 19.2. The van der Waals surface area contributed by atoms with Crippen molar-refractivity contribution in [3.63, 3.8) is 0 Å². The van der Waals surface area contributed by atoms with Crippen LogP contribution in [0.15, 0.2) is 133 Å². The summed E-state index contributed by atoms with van der Waals surface area (Å²) < 4.78 is 5.81. The average Bonchev–Trinajstić information content (AvgIpc) is 3.55. The molecule has 2 atom stereocenters. The number of nitrogens with two attached hydrogens (primary N) is 1. The van der Waals surface area contributed by atoms with E-state index < -0.39 is 35.6 Å². The van der Waals surface area contributed by atoms with Gasteiger partial charge in [0.15, 0.2) is 0 Å². The number of hydrogen-bond donors (Lipinski definition) is 5. The monoisotopic (exact) mass is 752 g/mol. The van der Waals surface area contributed by atoms with Crippen molar-refractivity contribution in [2.45, 2.75) is 69.0 Å². The Morgan fingerprint density at radius 1 is 0.661 bits per heavy atom. The number of unbranched alkanes of at least 4 members (excludes halogenated alkanes) is 2. The van der Waals surface area contributed by atoms with Gasteiger partial charge in [0, 0.05) is 5.92 Å². The summed E-state index contributed by atoms with van der Waals surface area (Å²) in [6.45, 7) is 3.19. The van der Waals surface area contributed by atoms with Crippen molar-refractivity contribution in [2.24, 2.45) is 5.73 Å². The summed E-state index contributed by atoms with van der Waals surface area (Å²) in [5.41, 5.74) is 13.8. The Morgan fingerprint density at radius 3 is 1.75 bits per heavy atom. The largest absolute Gasteiger partial charge is 0.480 e. The molecule has 0 saturated carbocycles. The van der Waals surface area contributed by atoms with E-state index in [1.165, 1.54) is 5.56 Å². The molecule has 290 valence electrons. The number of benzene rings is 5. The molecular weight excluding hydrogens is 701 g/mol. The third kappa shape index (κ3) is 9.36. The van der Waals surface area contributed by atoms with Gasteiger partial charge in [-0.3, -0.25) is 10.1 Å². The summed E-state index contributed by atoms with van der Waals surface area (Å²) in [4.78, 5) is 39.3. The van der Waals surface area contributed by atoms with Crippen LogP contribution in [0.2, 0.25) is 0 Å². The van der Waals surface area contributed by atoms with Crippen LogP contribution < -0.4 is 21.7 Å². The van der Waals surface area contributed by atoms with Gasteiger partial charge < -0.3 is 26.2 Å². The zero-order chi connectivity index (χ0) is 39.3. The maximum Gasteiger partial charge on any atom is 0.407 e. The van der Waals surface area contributed by atoms with Crippen molar-refractivity contribution >= 4 is 18.0 Å². The molecule has 0 bridgehead atoms. The van der Waals surface area contributed by atoms with E-state index in [-0.39, 0.29) is 25.4 Å². The number of carbonyl (C=O) groups is 3. The van der Waals surface area contributed by atoms with Crippen LogP contribution in [0.3, 0.4) is 0 Å². The van der Waals surface area contributed by atoms with E-state index in [9.17, 15) is 19.5 Å². The molecule has 6 rings (SSSR count). The minimum absolute atomic E-state index is 0.0923. The third-order valence-corrected chi connectivity index (χ3v) is 10.7. The first-order valence-corrected chi connectivity index (χ1v) is 19.6. The summed E-state index contributed by atoms with van der Waals surface area (Å²) in [5.74, 6) is -1.84. The number of nitrogens with one attached hydrogen (secondary N) is 3. The number of alkyl carbamates (subject to hydrolysis) is 1. The van der Waals surface area contributed by atoms with Crippen molar-refractivity contribution in [1.82, 2.24) is 16.0 Å². The molecule has 0 spiro atoms. The third-order valence-electron chi connectivity index (χ3n) is 10.7. The summed E-state index contributed by atoms with van der Waals surface area (Å²) >= 11 is 0.